The van der Waals surface area contributed by atoms with Crippen LogP contribution in [0.25, 0.3) is 0 Å². The molecule has 0 saturated carbocycles. The molecule has 0 aliphatic carbocycles. The monoisotopic (exact) mass is 244 g/mol. The van der Waals surface area contributed by atoms with E-state index in [-0.39, 0.29) is 5.91 Å². The zero-order chi connectivity index (χ0) is 13.3. The van der Waals surface area contributed by atoms with Crippen LogP contribution in [0.2, 0.25) is 0 Å². The van der Waals surface area contributed by atoms with Gasteiger partial charge in [-0.1, -0.05) is 27.7 Å². The quantitative estimate of drug-likeness (QED) is 0.536. The Morgan fingerprint density at radius 2 is 1.88 bits per heavy atom. The van der Waals surface area contributed by atoms with E-state index in [1.165, 1.54) is 0 Å². The molecule has 0 heterocycles. The van der Waals surface area contributed by atoms with E-state index in [9.17, 15) is 9.90 Å². The number of aliphatic hydroxyl groups excluding tert-OH is 1. The normalized spacial score (nSPS) is 13.1. The first-order valence-corrected chi connectivity index (χ1v) is 6.60. The Hall–Kier alpha value is -0.610. The molecule has 1 atom stereocenters. The summed E-state index contributed by atoms with van der Waals surface area (Å²) in [6.07, 6.45) is 1.67. The zero-order valence-corrected chi connectivity index (χ0v) is 11.6. The van der Waals surface area contributed by atoms with Gasteiger partial charge in [0.25, 0.3) is 0 Å². The van der Waals surface area contributed by atoms with Crippen molar-refractivity contribution in [1.82, 2.24) is 10.6 Å². The first-order chi connectivity index (χ1) is 7.91. The van der Waals surface area contributed by atoms with Crippen LogP contribution in [-0.4, -0.2) is 36.2 Å². The van der Waals surface area contributed by atoms with E-state index in [1.54, 1.807) is 0 Å². The topological polar surface area (TPSA) is 61.4 Å². The lowest BCUT2D eigenvalue weighted by atomic mass is 10.1. The molecule has 0 aliphatic rings. The van der Waals surface area contributed by atoms with Gasteiger partial charge in [0.1, 0.15) is 0 Å². The van der Waals surface area contributed by atoms with Crippen molar-refractivity contribution in [2.45, 2.75) is 59.1 Å². The summed E-state index contributed by atoms with van der Waals surface area (Å²) in [7, 11) is 0. The summed E-state index contributed by atoms with van der Waals surface area (Å²) in [5, 5.41) is 15.6. The number of carbonyl (C=O) groups is 1. The third-order valence-corrected chi connectivity index (χ3v) is 2.41. The third kappa shape index (κ3) is 11.6. The predicted octanol–water partition coefficient (Wildman–Crippen LogP) is 1.29. The Balaban J connectivity index is 3.46. The number of carbonyl (C=O) groups excluding carboxylic acids is 1. The highest BCUT2D eigenvalue weighted by Crippen LogP contribution is 2.03. The Morgan fingerprint density at radius 1 is 1.24 bits per heavy atom. The molecule has 0 aliphatic heterocycles. The molecule has 0 spiro atoms. The molecule has 102 valence electrons. The maximum absolute atomic E-state index is 11.4. The van der Waals surface area contributed by atoms with Crippen LogP contribution >= 0.6 is 0 Å². The van der Waals surface area contributed by atoms with Gasteiger partial charge in [-0.15, -0.1) is 0 Å². The van der Waals surface area contributed by atoms with Crippen molar-refractivity contribution in [3.05, 3.63) is 0 Å². The largest absolute Gasteiger partial charge is 0.391 e. The van der Waals surface area contributed by atoms with Gasteiger partial charge in [-0.3, -0.25) is 4.79 Å². The summed E-state index contributed by atoms with van der Waals surface area (Å²) >= 11 is 0. The van der Waals surface area contributed by atoms with Gasteiger partial charge in [0.05, 0.1) is 6.10 Å². The smallest absolute Gasteiger partial charge is 0.220 e. The van der Waals surface area contributed by atoms with Gasteiger partial charge >= 0.3 is 0 Å². The number of hydrogen-bond donors (Lipinski definition) is 3. The lowest BCUT2D eigenvalue weighted by Gasteiger charge is -2.14. The third-order valence-electron chi connectivity index (χ3n) is 2.41. The predicted molar refractivity (Wildman–Crippen MR) is 70.8 cm³/mol. The van der Waals surface area contributed by atoms with E-state index in [4.69, 9.17) is 0 Å². The summed E-state index contributed by atoms with van der Waals surface area (Å²) in [4.78, 5) is 11.4. The van der Waals surface area contributed by atoms with Crippen LogP contribution in [0.5, 0.6) is 0 Å². The molecule has 0 saturated heterocycles. The maximum atomic E-state index is 11.4. The van der Waals surface area contributed by atoms with Gasteiger partial charge in [-0.05, 0) is 25.3 Å². The molecule has 3 N–H and O–H groups in total. The molecule has 0 rings (SSSR count). The fourth-order valence-electron chi connectivity index (χ4n) is 1.59. The van der Waals surface area contributed by atoms with Crippen molar-refractivity contribution >= 4 is 5.91 Å². The maximum Gasteiger partial charge on any atom is 0.220 e. The number of rotatable bonds is 9. The van der Waals surface area contributed by atoms with Gasteiger partial charge in [-0.25, -0.2) is 0 Å². The zero-order valence-electron chi connectivity index (χ0n) is 11.6. The molecule has 0 aromatic heterocycles. The van der Waals surface area contributed by atoms with E-state index in [2.05, 4.69) is 38.3 Å². The number of aliphatic hydroxyl groups is 1. The van der Waals surface area contributed by atoms with E-state index in [0.717, 1.165) is 19.4 Å². The summed E-state index contributed by atoms with van der Waals surface area (Å²) < 4.78 is 0. The van der Waals surface area contributed by atoms with E-state index >= 15 is 0 Å². The number of nitrogens with one attached hydrogen (secondary N) is 2. The molecule has 0 fully saturated rings. The van der Waals surface area contributed by atoms with Crippen LogP contribution in [0.4, 0.5) is 0 Å². The highest BCUT2D eigenvalue weighted by atomic mass is 16.3. The van der Waals surface area contributed by atoms with Crippen molar-refractivity contribution in [1.29, 1.82) is 0 Å². The van der Waals surface area contributed by atoms with Crippen LogP contribution in [0.3, 0.4) is 0 Å². The van der Waals surface area contributed by atoms with Crippen LogP contribution in [-0.2, 0) is 4.79 Å². The minimum atomic E-state index is -0.423. The standard InChI is InChI=1S/C13H28N2O2/c1-10(2)8-12(16)9-15-13(17)6-5-7-14-11(3)4/h10-12,14,16H,5-9H2,1-4H3,(H,15,17). The summed E-state index contributed by atoms with van der Waals surface area (Å²) in [6, 6.07) is 0.464. The summed E-state index contributed by atoms with van der Waals surface area (Å²) in [5.41, 5.74) is 0. The van der Waals surface area contributed by atoms with E-state index in [1.807, 2.05) is 0 Å². The minimum Gasteiger partial charge on any atom is -0.391 e. The Morgan fingerprint density at radius 3 is 2.41 bits per heavy atom. The number of amides is 1. The summed E-state index contributed by atoms with van der Waals surface area (Å²) in [5.74, 6) is 0.482. The highest BCUT2D eigenvalue weighted by molar-refractivity contribution is 5.75. The molecule has 0 aromatic rings. The van der Waals surface area contributed by atoms with Crippen LogP contribution in [0, 0.1) is 5.92 Å². The van der Waals surface area contributed by atoms with Gasteiger partial charge in [0.2, 0.25) is 5.91 Å². The fourth-order valence-corrected chi connectivity index (χ4v) is 1.59. The van der Waals surface area contributed by atoms with Crippen molar-refractivity contribution in [3.8, 4) is 0 Å². The van der Waals surface area contributed by atoms with E-state index in [0.29, 0.717) is 24.9 Å². The van der Waals surface area contributed by atoms with Crippen molar-refractivity contribution in [3.63, 3.8) is 0 Å². The van der Waals surface area contributed by atoms with Gasteiger partial charge < -0.3 is 15.7 Å². The molecule has 4 heteroatoms. The fraction of sp³-hybridized carbons (Fsp3) is 0.923. The van der Waals surface area contributed by atoms with Gasteiger partial charge in [0.15, 0.2) is 0 Å². The van der Waals surface area contributed by atoms with E-state index < -0.39 is 6.10 Å². The average molecular weight is 244 g/mol. The minimum absolute atomic E-state index is 0.0263. The Kier molecular flexibility index (Phi) is 9.09. The van der Waals surface area contributed by atoms with Crippen molar-refractivity contribution in [2.24, 2.45) is 5.92 Å². The molecule has 0 aromatic carbocycles. The first-order valence-electron chi connectivity index (χ1n) is 6.60. The highest BCUT2D eigenvalue weighted by Gasteiger charge is 2.08. The van der Waals surface area contributed by atoms with Crippen LogP contribution in [0.1, 0.15) is 47.0 Å². The molecule has 1 unspecified atom stereocenters. The SMILES string of the molecule is CC(C)CC(O)CNC(=O)CCCNC(C)C. The molecule has 4 nitrogen and oxygen atoms in total. The Bertz CT molecular complexity index is 206. The molecule has 0 bridgehead atoms. The lowest BCUT2D eigenvalue weighted by Crippen LogP contribution is -2.33. The van der Waals surface area contributed by atoms with Crippen molar-refractivity contribution in [2.75, 3.05) is 13.1 Å². The van der Waals surface area contributed by atoms with Crippen molar-refractivity contribution < 1.29 is 9.90 Å². The molecule has 1 amide bonds. The lowest BCUT2D eigenvalue weighted by molar-refractivity contribution is -0.121. The molecular formula is C13H28N2O2. The molecule has 0 radical (unpaired) electrons. The second kappa shape index (κ2) is 9.42. The molecule has 17 heavy (non-hydrogen) atoms. The van der Waals surface area contributed by atoms with Crippen LogP contribution < -0.4 is 10.6 Å². The van der Waals surface area contributed by atoms with Crippen LogP contribution in [0.15, 0.2) is 0 Å². The average Bonchev–Trinajstić information content (AvgIpc) is 2.20. The summed E-state index contributed by atoms with van der Waals surface area (Å²) in [6.45, 7) is 9.52. The van der Waals surface area contributed by atoms with Gasteiger partial charge in [0, 0.05) is 19.0 Å². The second-order valence-electron chi connectivity index (χ2n) is 5.30. The molecular weight excluding hydrogens is 216 g/mol. The van der Waals surface area contributed by atoms with Gasteiger partial charge in [-0.2, -0.15) is 0 Å². The first kappa shape index (κ1) is 16.4. The second-order valence-corrected chi connectivity index (χ2v) is 5.30. The number of hydrogen-bond acceptors (Lipinski definition) is 3. The Labute approximate surface area is 105 Å².